The second-order valence-corrected chi connectivity index (χ2v) is 4.24. The van der Waals surface area contributed by atoms with Crippen molar-refractivity contribution in [2.45, 2.75) is 13.0 Å². The average molecular weight is 165 g/mol. The van der Waals surface area contributed by atoms with E-state index >= 15 is 0 Å². The zero-order valence-corrected chi connectivity index (χ0v) is 7.33. The molecule has 0 atom stereocenters. The fraction of sp³-hybridized carbons (Fsp3) is 0.250. The van der Waals surface area contributed by atoms with Gasteiger partial charge in [0.25, 0.3) is 0 Å². The summed E-state index contributed by atoms with van der Waals surface area (Å²) in [5, 5.41) is 0. The second-order valence-electron chi connectivity index (χ2n) is 2.38. The Kier molecular flexibility index (Phi) is 1.58. The minimum atomic E-state index is -1.01. The molecule has 2 rings (SSSR count). The predicted molar refractivity (Wildman–Crippen MR) is 43.9 cm³/mol. The van der Waals surface area contributed by atoms with Crippen LogP contribution in [0.3, 0.4) is 0 Å². The molecule has 0 amide bonds. The van der Waals surface area contributed by atoms with E-state index in [1.54, 1.807) is 0 Å². The molecule has 1 radical (unpaired) electrons. The van der Waals surface area contributed by atoms with Gasteiger partial charge in [-0.05, 0) is 12.1 Å². The summed E-state index contributed by atoms with van der Waals surface area (Å²) in [5.74, 6) is 1.81. The summed E-state index contributed by atoms with van der Waals surface area (Å²) in [6.07, 6.45) is 0. The molecule has 57 valence electrons. The summed E-state index contributed by atoms with van der Waals surface area (Å²) in [6, 6.07) is 8.80. The highest BCUT2D eigenvalue weighted by Gasteiger charge is 2.27. The average Bonchev–Trinajstić information content (AvgIpc) is 2.46. The van der Waals surface area contributed by atoms with Crippen molar-refractivity contribution in [2.24, 2.45) is 0 Å². The SMILES string of the molecule is CC[Si]1Oc2ccccc2O1. The Morgan fingerprint density at radius 1 is 1.18 bits per heavy atom. The van der Waals surface area contributed by atoms with Crippen LogP contribution in [0.4, 0.5) is 0 Å². The predicted octanol–water partition coefficient (Wildman–Crippen LogP) is 1.97. The quantitative estimate of drug-likeness (QED) is 0.592. The maximum atomic E-state index is 5.54. The molecule has 1 aliphatic rings. The van der Waals surface area contributed by atoms with Crippen LogP contribution < -0.4 is 8.85 Å². The summed E-state index contributed by atoms with van der Waals surface area (Å²) < 4.78 is 11.1. The molecule has 0 aromatic heterocycles. The van der Waals surface area contributed by atoms with Gasteiger partial charge in [0.15, 0.2) is 0 Å². The molecule has 0 saturated heterocycles. The first-order chi connectivity index (χ1) is 5.40. The van der Waals surface area contributed by atoms with Gasteiger partial charge in [-0.15, -0.1) is 0 Å². The number of benzene rings is 1. The first-order valence-corrected chi connectivity index (χ1v) is 5.23. The van der Waals surface area contributed by atoms with Gasteiger partial charge in [0.2, 0.25) is 0 Å². The number of para-hydroxylation sites is 2. The molecule has 0 unspecified atom stereocenters. The van der Waals surface area contributed by atoms with Gasteiger partial charge in [0, 0.05) is 6.04 Å². The van der Waals surface area contributed by atoms with Crippen molar-refractivity contribution in [3.63, 3.8) is 0 Å². The summed E-state index contributed by atoms with van der Waals surface area (Å²) in [4.78, 5) is 0. The van der Waals surface area contributed by atoms with E-state index in [1.165, 1.54) is 0 Å². The van der Waals surface area contributed by atoms with Gasteiger partial charge in [0.1, 0.15) is 11.5 Å². The lowest BCUT2D eigenvalue weighted by molar-refractivity contribution is 0.499. The van der Waals surface area contributed by atoms with Crippen LogP contribution >= 0.6 is 0 Å². The molecule has 0 saturated carbocycles. The molecule has 3 heteroatoms. The molecule has 0 bridgehead atoms. The van der Waals surface area contributed by atoms with Crippen LogP contribution in [0.25, 0.3) is 0 Å². The Balaban J connectivity index is 2.27. The fourth-order valence-electron chi connectivity index (χ4n) is 1.03. The van der Waals surface area contributed by atoms with Crippen molar-refractivity contribution in [3.8, 4) is 11.5 Å². The highest BCUT2D eigenvalue weighted by Crippen LogP contribution is 2.33. The highest BCUT2D eigenvalue weighted by atomic mass is 28.3. The van der Waals surface area contributed by atoms with Crippen molar-refractivity contribution in [2.75, 3.05) is 0 Å². The van der Waals surface area contributed by atoms with Crippen LogP contribution in [0, 0.1) is 0 Å². The lowest BCUT2D eigenvalue weighted by atomic mass is 10.3. The Bertz CT molecular complexity index is 237. The van der Waals surface area contributed by atoms with E-state index in [0.717, 1.165) is 17.5 Å². The maximum Gasteiger partial charge on any atom is 0.532 e. The lowest BCUT2D eigenvalue weighted by Crippen LogP contribution is -2.22. The molecule has 11 heavy (non-hydrogen) atoms. The third-order valence-corrected chi connectivity index (χ3v) is 3.06. The van der Waals surface area contributed by atoms with E-state index in [0.29, 0.717) is 0 Å². The standard InChI is InChI=1S/C8H9O2Si/c1-2-11-9-7-5-3-4-6-8(7)10-11/h3-6H,2H2,1H3. The minimum absolute atomic E-state index is 0.906. The zero-order valence-electron chi connectivity index (χ0n) is 6.33. The van der Waals surface area contributed by atoms with Crippen LogP contribution in [0.15, 0.2) is 24.3 Å². The number of fused-ring (bicyclic) bond motifs is 1. The van der Waals surface area contributed by atoms with Gasteiger partial charge in [-0.3, -0.25) is 0 Å². The van der Waals surface area contributed by atoms with E-state index in [-0.39, 0.29) is 0 Å². The monoisotopic (exact) mass is 165 g/mol. The Morgan fingerprint density at radius 2 is 1.73 bits per heavy atom. The molecular weight excluding hydrogens is 156 g/mol. The molecular formula is C8H9O2Si. The van der Waals surface area contributed by atoms with E-state index in [9.17, 15) is 0 Å². The summed E-state index contributed by atoms with van der Waals surface area (Å²) in [5.41, 5.74) is 0. The molecule has 0 aliphatic carbocycles. The van der Waals surface area contributed by atoms with Crippen molar-refractivity contribution in [1.82, 2.24) is 0 Å². The molecule has 1 aliphatic heterocycles. The normalized spacial score (nSPS) is 15.4. The number of hydrogen-bond acceptors (Lipinski definition) is 2. The lowest BCUT2D eigenvalue weighted by Gasteiger charge is -1.98. The van der Waals surface area contributed by atoms with Crippen molar-refractivity contribution >= 4 is 9.28 Å². The van der Waals surface area contributed by atoms with E-state index in [2.05, 4.69) is 6.92 Å². The maximum absolute atomic E-state index is 5.54. The van der Waals surface area contributed by atoms with Crippen LogP contribution in [0.5, 0.6) is 11.5 Å². The summed E-state index contributed by atoms with van der Waals surface area (Å²) in [7, 11) is -1.01. The molecule has 0 fully saturated rings. The van der Waals surface area contributed by atoms with Crippen molar-refractivity contribution < 1.29 is 8.85 Å². The van der Waals surface area contributed by atoms with E-state index < -0.39 is 9.28 Å². The van der Waals surface area contributed by atoms with Crippen LogP contribution in [0.1, 0.15) is 6.92 Å². The van der Waals surface area contributed by atoms with Gasteiger partial charge in [-0.1, -0.05) is 19.1 Å². The first-order valence-electron chi connectivity index (χ1n) is 3.70. The summed E-state index contributed by atoms with van der Waals surface area (Å²) in [6.45, 7) is 2.08. The highest BCUT2D eigenvalue weighted by molar-refractivity contribution is 6.47. The summed E-state index contributed by atoms with van der Waals surface area (Å²) >= 11 is 0. The molecule has 2 nitrogen and oxygen atoms in total. The van der Waals surface area contributed by atoms with E-state index in [4.69, 9.17) is 8.85 Å². The molecule has 1 heterocycles. The Labute approximate surface area is 67.6 Å². The zero-order chi connectivity index (χ0) is 7.68. The largest absolute Gasteiger partial charge is 0.532 e. The molecule has 0 spiro atoms. The van der Waals surface area contributed by atoms with E-state index in [1.807, 2.05) is 24.3 Å². The van der Waals surface area contributed by atoms with Gasteiger partial charge in [0.05, 0.1) is 0 Å². The minimum Gasteiger partial charge on any atom is -0.507 e. The second kappa shape index (κ2) is 2.58. The number of hydrogen-bond donors (Lipinski definition) is 0. The molecule has 0 N–H and O–H groups in total. The third-order valence-electron chi connectivity index (χ3n) is 1.59. The van der Waals surface area contributed by atoms with Crippen LogP contribution in [-0.2, 0) is 0 Å². The smallest absolute Gasteiger partial charge is 0.507 e. The van der Waals surface area contributed by atoms with Crippen molar-refractivity contribution in [3.05, 3.63) is 24.3 Å². The number of rotatable bonds is 1. The van der Waals surface area contributed by atoms with Crippen LogP contribution in [0.2, 0.25) is 6.04 Å². The van der Waals surface area contributed by atoms with Gasteiger partial charge >= 0.3 is 9.28 Å². The van der Waals surface area contributed by atoms with Crippen molar-refractivity contribution in [1.29, 1.82) is 0 Å². The third kappa shape index (κ3) is 1.11. The Hall–Kier alpha value is -0.963. The van der Waals surface area contributed by atoms with Crippen LogP contribution in [-0.4, -0.2) is 9.28 Å². The Morgan fingerprint density at radius 3 is 2.18 bits per heavy atom. The first kappa shape index (κ1) is 6.73. The van der Waals surface area contributed by atoms with Gasteiger partial charge in [-0.2, -0.15) is 0 Å². The molecule has 1 aromatic rings. The fourth-order valence-corrected chi connectivity index (χ4v) is 2.19. The molecule has 1 aromatic carbocycles. The van der Waals surface area contributed by atoms with Gasteiger partial charge < -0.3 is 8.85 Å². The van der Waals surface area contributed by atoms with Gasteiger partial charge in [-0.25, -0.2) is 0 Å². The topological polar surface area (TPSA) is 18.5 Å².